The fourth-order valence-electron chi connectivity index (χ4n) is 2.47. The lowest BCUT2D eigenvalue weighted by atomic mass is 9.99. The Kier molecular flexibility index (Phi) is 3.65. The van der Waals surface area contributed by atoms with E-state index in [2.05, 4.69) is 43.7 Å². The zero-order chi connectivity index (χ0) is 14.2. The lowest BCUT2D eigenvalue weighted by Crippen LogP contribution is -2.12. The minimum absolute atomic E-state index is 0.343. The molecule has 1 aromatic heterocycles. The van der Waals surface area contributed by atoms with Gasteiger partial charge in [-0.2, -0.15) is 0 Å². The van der Waals surface area contributed by atoms with Crippen molar-refractivity contribution in [2.45, 2.75) is 40.2 Å². The van der Waals surface area contributed by atoms with Crippen molar-refractivity contribution < 1.29 is 9.90 Å². The van der Waals surface area contributed by atoms with Crippen LogP contribution >= 0.6 is 0 Å². The summed E-state index contributed by atoms with van der Waals surface area (Å²) in [5.74, 6) is -1.08. The summed E-state index contributed by atoms with van der Waals surface area (Å²) in [6.45, 7) is 8.18. The molecular formula is C16H21NO2. The van der Waals surface area contributed by atoms with E-state index in [1.165, 1.54) is 16.5 Å². The van der Waals surface area contributed by atoms with E-state index in [0.717, 1.165) is 5.56 Å². The molecule has 0 saturated carbocycles. The van der Waals surface area contributed by atoms with Crippen LogP contribution in [0.1, 0.15) is 37.9 Å². The predicted octanol–water partition coefficient (Wildman–Crippen LogP) is 3.79. The first-order chi connectivity index (χ1) is 8.90. The molecule has 0 spiro atoms. The molecule has 102 valence electrons. The number of carbonyl (C=O) groups is 1. The van der Waals surface area contributed by atoms with Crippen molar-refractivity contribution in [1.82, 2.24) is 4.57 Å². The van der Waals surface area contributed by atoms with Gasteiger partial charge in [0, 0.05) is 23.1 Å². The number of benzene rings is 1. The number of fused-ring (bicyclic) bond motifs is 1. The highest BCUT2D eigenvalue weighted by Gasteiger charge is 2.13. The highest BCUT2D eigenvalue weighted by molar-refractivity contribution is 5.84. The van der Waals surface area contributed by atoms with Gasteiger partial charge >= 0.3 is 5.97 Å². The number of nitrogens with zero attached hydrogens (tertiary/aromatic N) is 1. The molecule has 2 aromatic rings. The summed E-state index contributed by atoms with van der Waals surface area (Å²) >= 11 is 0. The molecule has 1 N–H and O–H groups in total. The van der Waals surface area contributed by atoms with Gasteiger partial charge in [-0.1, -0.05) is 13.0 Å². The Morgan fingerprint density at radius 2 is 2.00 bits per heavy atom. The Morgan fingerprint density at radius 1 is 1.32 bits per heavy atom. The second-order valence-corrected chi connectivity index (χ2v) is 5.61. The van der Waals surface area contributed by atoms with Crippen molar-refractivity contribution in [1.29, 1.82) is 0 Å². The number of carboxylic acid groups (broad SMARTS) is 1. The van der Waals surface area contributed by atoms with Crippen molar-refractivity contribution in [3.05, 3.63) is 35.5 Å². The Bertz CT molecular complexity index is 610. The molecule has 0 saturated heterocycles. The molecule has 1 heterocycles. The lowest BCUT2D eigenvalue weighted by Gasteiger charge is -2.10. The first kappa shape index (κ1) is 13.7. The maximum absolute atomic E-state index is 10.9. The van der Waals surface area contributed by atoms with Crippen molar-refractivity contribution in [2.75, 3.05) is 0 Å². The zero-order valence-corrected chi connectivity index (χ0v) is 12.0. The highest BCUT2D eigenvalue weighted by atomic mass is 16.4. The molecule has 2 rings (SSSR count). The summed E-state index contributed by atoms with van der Waals surface area (Å²) in [4.78, 5) is 10.9. The Balaban J connectivity index is 2.41. The average molecular weight is 259 g/mol. The maximum Gasteiger partial charge on any atom is 0.306 e. The standard InChI is InChI=1S/C16H21NO2/c1-10(2)17-9-12(4)14-8-13(5-6-15(14)17)7-11(3)16(18)19/h5-6,8-11H,7H2,1-4H3,(H,18,19). The topological polar surface area (TPSA) is 42.2 Å². The van der Waals surface area contributed by atoms with Gasteiger partial charge in [0.05, 0.1) is 5.92 Å². The first-order valence-corrected chi connectivity index (χ1v) is 6.73. The van der Waals surface area contributed by atoms with Crippen LogP contribution in [0.25, 0.3) is 10.9 Å². The van der Waals surface area contributed by atoms with Gasteiger partial charge in [0.1, 0.15) is 0 Å². The molecule has 0 bridgehead atoms. The predicted molar refractivity (Wildman–Crippen MR) is 77.6 cm³/mol. The van der Waals surface area contributed by atoms with Crippen LogP contribution in [-0.2, 0) is 11.2 Å². The molecule has 1 unspecified atom stereocenters. The number of carboxylic acids is 1. The van der Waals surface area contributed by atoms with Gasteiger partial charge in [0.15, 0.2) is 0 Å². The molecule has 0 amide bonds. The molecule has 3 heteroatoms. The molecule has 0 aliphatic rings. The Morgan fingerprint density at radius 3 is 2.58 bits per heavy atom. The van der Waals surface area contributed by atoms with Crippen LogP contribution in [0.2, 0.25) is 0 Å². The summed E-state index contributed by atoms with van der Waals surface area (Å²) in [7, 11) is 0. The number of hydrogen-bond acceptors (Lipinski definition) is 1. The third-order valence-corrected chi connectivity index (χ3v) is 3.62. The summed E-state index contributed by atoms with van der Waals surface area (Å²) < 4.78 is 2.26. The molecule has 1 aromatic carbocycles. The van der Waals surface area contributed by atoms with Gasteiger partial charge in [0.25, 0.3) is 0 Å². The van der Waals surface area contributed by atoms with E-state index < -0.39 is 5.97 Å². The van der Waals surface area contributed by atoms with E-state index in [1.807, 2.05) is 6.07 Å². The van der Waals surface area contributed by atoms with Crippen LogP contribution in [0, 0.1) is 12.8 Å². The SMILES string of the molecule is Cc1cn(C(C)C)c2ccc(CC(C)C(=O)O)cc12. The lowest BCUT2D eigenvalue weighted by molar-refractivity contribution is -0.141. The number of aryl methyl sites for hydroxylation is 1. The molecule has 0 radical (unpaired) electrons. The van der Waals surface area contributed by atoms with E-state index in [4.69, 9.17) is 5.11 Å². The van der Waals surface area contributed by atoms with Crippen LogP contribution in [0.5, 0.6) is 0 Å². The second-order valence-electron chi connectivity index (χ2n) is 5.61. The molecule has 1 atom stereocenters. The number of rotatable bonds is 4. The second kappa shape index (κ2) is 5.08. The number of hydrogen-bond donors (Lipinski definition) is 1. The van der Waals surface area contributed by atoms with Gasteiger partial charge < -0.3 is 9.67 Å². The third kappa shape index (κ3) is 2.65. The quantitative estimate of drug-likeness (QED) is 0.907. The first-order valence-electron chi connectivity index (χ1n) is 6.73. The largest absolute Gasteiger partial charge is 0.481 e. The smallest absolute Gasteiger partial charge is 0.306 e. The average Bonchev–Trinajstić information content (AvgIpc) is 2.67. The fraction of sp³-hybridized carbons (Fsp3) is 0.438. The minimum Gasteiger partial charge on any atom is -0.481 e. The molecular weight excluding hydrogens is 238 g/mol. The van der Waals surface area contributed by atoms with Crippen LogP contribution in [0.4, 0.5) is 0 Å². The van der Waals surface area contributed by atoms with E-state index in [1.54, 1.807) is 6.92 Å². The highest BCUT2D eigenvalue weighted by Crippen LogP contribution is 2.26. The van der Waals surface area contributed by atoms with Gasteiger partial charge in [0.2, 0.25) is 0 Å². The van der Waals surface area contributed by atoms with E-state index in [0.29, 0.717) is 12.5 Å². The van der Waals surface area contributed by atoms with Crippen molar-refractivity contribution in [3.63, 3.8) is 0 Å². The van der Waals surface area contributed by atoms with E-state index >= 15 is 0 Å². The fourth-order valence-corrected chi connectivity index (χ4v) is 2.47. The summed E-state index contributed by atoms with van der Waals surface area (Å²) in [6.07, 6.45) is 2.75. The third-order valence-electron chi connectivity index (χ3n) is 3.62. The molecule has 0 aliphatic heterocycles. The monoisotopic (exact) mass is 259 g/mol. The molecule has 0 fully saturated rings. The molecule has 0 aliphatic carbocycles. The maximum atomic E-state index is 10.9. The van der Waals surface area contributed by atoms with Gasteiger partial charge in [-0.15, -0.1) is 0 Å². The summed E-state index contributed by atoms with van der Waals surface area (Å²) in [5.41, 5.74) is 3.56. The summed E-state index contributed by atoms with van der Waals surface area (Å²) in [6, 6.07) is 6.70. The van der Waals surface area contributed by atoms with Crippen molar-refractivity contribution >= 4 is 16.9 Å². The zero-order valence-electron chi connectivity index (χ0n) is 12.0. The van der Waals surface area contributed by atoms with Gasteiger partial charge in [-0.25, -0.2) is 0 Å². The van der Waals surface area contributed by atoms with Crippen LogP contribution < -0.4 is 0 Å². The molecule has 3 nitrogen and oxygen atoms in total. The van der Waals surface area contributed by atoms with Crippen LogP contribution in [0.3, 0.4) is 0 Å². The van der Waals surface area contributed by atoms with Crippen molar-refractivity contribution in [2.24, 2.45) is 5.92 Å². The number of aliphatic carboxylic acids is 1. The number of aromatic nitrogens is 1. The van der Waals surface area contributed by atoms with Crippen LogP contribution in [-0.4, -0.2) is 15.6 Å². The van der Waals surface area contributed by atoms with Crippen molar-refractivity contribution in [3.8, 4) is 0 Å². The van der Waals surface area contributed by atoms with Gasteiger partial charge in [-0.3, -0.25) is 4.79 Å². The Hall–Kier alpha value is -1.77. The Labute approximate surface area is 113 Å². The minimum atomic E-state index is -0.739. The normalized spacial score (nSPS) is 13.1. The van der Waals surface area contributed by atoms with Gasteiger partial charge in [-0.05, 0) is 50.5 Å². The van der Waals surface area contributed by atoms with E-state index in [9.17, 15) is 4.79 Å². The summed E-state index contributed by atoms with van der Waals surface area (Å²) in [5, 5.41) is 10.2. The van der Waals surface area contributed by atoms with Crippen LogP contribution in [0.15, 0.2) is 24.4 Å². The molecule has 19 heavy (non-hydrogen) atoms. The van der Waals surface area contributed by atoms with E-state index in [-0.39, 0.29) is 5.92 Å².